The second kappa shape index (κ2) is 3.19. The molecule has 2 aliphatic rings. The SMILES string of the molecule is CC(C)(C)C1=Nc2c(ccc3c2CCC3)C1. The third-order valence-electron chi connectivity index (χ3n) is 3.81. The summed E-state index contributed by atoms with van der Waals surface area (Å²) in [5.74, 6) is 0. The van der Waals surface area contributed by atoms with Crippen LogP contribution in [0.25, 0.3) is 0 Å². The zero-order chi connectivity index (χ0) is 11.3. The fourth-order valence-corrected chi connectivity index (χ4v) is 2.77. The van der Waals surface area contributed by atoms with Crippen LogP contribution in [0, 0.1) is 5.41 Å². The minimum absolute atomic E-state index is 0.213. The number of aryl methyl sites for hydroxylation is 1. The quantitative estimate of drug-likeness (QED) is 0.620. The Balaban J connectivity index is 2.10. The maximum atomic E-state index is 4.91. The summed E-state index contributed by atoms with van der Waals surface area (Å²) in [6, 6.07) is 4.62. The molecule has 1 aliphatic heterocycles. The van der Waals surface area contributed by atoms with Crippen molar-refractivity contribution in [2.24, 2.45) is 10.4 Å². The van der Waals surface area contributed by atoms with E-state index in [1.807, 2.05) is 0 Å². The van der Waals surface area contributed by atoms with E-state index in [1.165, 1.54) is 47.4 Å². The van der Waals surface area contributed by atoms with Crippen LogP contribution in [0.5, 0.6) is 0 Å². The lowest BCUT2D eigenvalue weighted by Crippen LogP contribution is -2.19. The number of hydrogen-bond acceptors (Lipinski definition) is 1. The Bertz CT molecular complexity index is 475. The highest BCUT2D eigenvalue weighted by molar-refractivity contribution is 5.98. The summed E-state index contributed by atoms with van der Waals surface area (Å²) in [6.45, 7) is 6.79. The van der Waals surface area contributed by atoms with Crippen LogP contribution in [0.2, 0.25) is 0 Å². The molecule has 84 valence electrons. The van der Waals surface area contributed by atoms with E-state index in [0.717, 1.165) is 6.42 Å². The summed E-state index contributed by atoms with van der Waals surface area (Å²) in [7, 11) is 0. The summed E-state index contributed by atoms with van der Waals surface area (Å²) in [4.78, 5) is 4.91. The smallest absolute Gasteiger partial charge is 0.0699 e. The van der Waals surface area contributed by atoms with Gasteiger partial charge >= 0.3 is 0 Å². The second-order valence-corrected chi connectivity index (χ2v) is 6.05. The van der Waals surface area contributed by atoms with Crippen molar-refractivity contribution >= 4 is 11.4 Å². The van der Waals surface area contributed by atoms with Crippen molar-refractivity contribution in [2.75, 3.05) is 0 Å². The second-order valence-electron chi connectivity index (χ2n) is 6.05. The van der Waals surface area contributed by atoms with Crippen LogP contribution in [0.1, 0.15) is 43.9 Å². The van der Waals surface area contributed by atoms with Gasteiger partial charge in [-0.15, -0.1) is 0 Å². The molecule has 0 spiro atoms. The van der Waals surface area contributed by atoms with Crippen molar-refractivity contribution < 1.29 is 0 Å². The normalized spacial score (nSPS) is 18.3. The summed E-state index contributed by atoms with van der Waals surface area (Å²) in [6.07, 6.45) is 4.86. The molecule has 0 unspecified atom stereocenters. The van der Waals surface area contributed by atoms with Gasteiger partial charge in [0.2, 0.25) is 0 Å². The van der Waals surface area contributed by atoms with Gasteiger partial charge < -0.3 is 0 Å². The molecule has 16 heavy (non-hydrogen) atoms. The van der Waals surface area contributed by atoms with Gasteiger partial charge in [0.25, 0.3) is 0 Å². The molecular weight excluding hydrogens is 194 g/mol. The van der Waals surface area contributed by atoms with Crippen LogP contribution in [0.15, 0.2) is 17.1 Å². The highest BCUT2D eigenvalue weighted by Crippen LogP contribution is 2.40. The zero-order valence-electron chi connectivity index (χ0n) is 10.4. The molecule has 0 aromatic heterocycles. The highest BCUT2D eigenvalue weighted by atomic mass is 14.8. The maximum Gasteiger partial charge on any atom is 0.0699 e. The monoisotopic (exact) mass is 213 g/mol. The van der Waals surface area contributed by atoms with Crippen molar-refractivity contribution in [2.45, 2.75) is 46.5 Å². The molecule has 0 saturated carbocycles. The van der Waals surface area contributed by atoms with Crippen molar-refractivity contribution in [3.63, 3.8) is 0 Å². The molecule has 0 saturated heterocycles. The van der Waals surface area contributed by atoms with E-state index in [-0.39, 0.29) is 5.41 Å². The summed E-state index contributed by atoms with van der Waals surface area (Å²) in [5, 5.41) is 0. The van der Waals surface area contributed by atoms with Gasteiger partial charge in [-0.05, 0) is 36.0 Å². The minimum Gasteiger partial charge on any atom is -0.256 e. The number of rotatable bonds is 0. The molecule has 1 aromatic carbocycles. The van der Waals surface area contributed by atoms with Crippen molar-refractivity contribution in [3.8, 4) is 0 Å². The standard InChI is InChI=1S/C15H19N/c1-15(2,3)13-9-11-8-7-10-5-4-6-12(10)14(11)16-13/h7-8H,4-6,9H2,1-3H3. The Kier molecular flexibility index (Phi) is 2.01. The molecule has 1 aliphatic carbocycles. The molecule has 0 radical (unpaired) electrons. The van der Waals surface area contributed by atoms with Crippen LogP contribution < -0.4 is 0 Å². The maximum absolute atomic E-state index is 4.91. The number of aliphatic imine (C=N–C) groups is 1. The Morgan fingerprint density at radius 2 is 1.81 bits per heavy atom. The molecule has 0 N–H and O–H groups in total. The fourth-order valence-electron chi connectivity index (χ4n) is 2.77. The Hall–Kier alpha value is -1.11. The highest BCUT2D eigenvalue weighted by Gasteiger charge is 2.28. The first kappa shape index (κ1) is 10.1. The van der Waals surface area contributed by atoms with Gasteiger partial charge in [-0.2, -0.15) is 0 Å². The lowest BCUT2D eigenvalue weighted by atomic mass is 9.87. The number of nitrogens with zero attached hydrogens (tertiary/aromatic N) is 1. The Morgan fingerprint density at radius 3 is 2.56 bits per heavy atom. The van der Waals surface area contributed by atoms with E-state index in [1.54, 1.807) is 0 Å². The third-order valence-corrected chi connectivity index (χ3v) is 3.81. The van der Waals surface area contributed by atoms with E-state index in [4.69, 9.17) is 4.99 Å². The van der Waals surface area contributed by atoms with Gasteiger partial charge in [-0.3, -0.25) is 4.99 Å². The van der Waals surface area contributed by atoms with Crippen LogP contribution >= 0.6 is 0 Å². The molecule has 0 atom stereocenters. The molecule has 0 fully saturated rings. The minimum atomic E-state index is 0.213. The first-order valence-corrected chi connectivity index (χ1v) is 6.27. The van der Waals surface area contributed by atoms with Crippen molar-refractivity contribution in [1.29, 1.82) is 0 Å². The molecule has 0 bridgehead atoms. The fraction of sp³-hybridized carbons (Fsp3) is 0.533. The largest absolute Gasteiger partial charge is 0.256 e. The van der Waals surface area contributed by atoms with Crippen LogP contribution in [-0.4, -0.2) is 5.71 Å². The van der Waals surface area contributed by atoms with E-state index in [9.17, 15) is 0 Å². The van der Waals surface area contributed by atoms with Gasteiger partial charge in [0.1, 0.15) is 0 Å². The molecule has 3 rings (SSSR count). The zero-order valence-corrected chi connectivity index (χ0v) is 10.4. The summed E-state index contributed by atoms with van der Waals surface area (Å²) >= 11 is 0. The van der Waals surface area contributed by atoms with Crippen molar-refractivity contribution in [3.05, 3.63) is 28.8 Å². The van der Waals surface area contributed by atoms with Gasteiger partial charge in [-0.1, -0.05) is 32.9 Å². The Morgan fingerprint density at radius 1 is 1.06 bits per heavy atom. The lowest BCUT2D eigenvalue weighted by Gasteiger charge is -2.17. The van der Waals surface area contributed by atoms with E-state index in [0.29, 0.717) is 0 Å². The first-order valence-electron chi connectivity index (χ1n) is 6.27. The summed E-state index contributed by atoms with van der Waals surface area (Å²) in [5.41, 5.74) is 7.41. The van der Waals surface area contributed by atoms with Crippen LogP contribution in [0.3, 0.4) is 0 Å². The predicted octanol–water partition coefficient (Wildman–Crippen LogP) is 3.85. The van der Waals surface area contributed by atoms with E-state index < -0.39 is 0 Å². The lowest BCUT2D eigenvalue weighted by molar-refractivity contribution is 0.584. The molecule has 1 aromatic rings. The molecule has 1 nitrogen and oxygen atoms in total. The third kappa shape index (κ3) is 1.41. The number of benzene rings is 1. The van der Waals surface area contributed by atoms with Crippen molar-refractivity contribution in [1.82, 2.24) is 0 Å². The molecule has 1 heteroatoms. The first-order chi connectivity index (χ1) is 7.55. The molecular formula is C15H19N. The molecule has 1 heterocycles. The number of fused-ring (bicyclic) bond motifs is 3. The van der Waals surface area contributed by atoms with Gasteiger partial charge in [-0.25, -0.2) is 0 Å². The Labute approximate surface area is 97.6 Å². The molecule has 0 amide bonds. The summed E-state index contributed by atoms with van der Waals surface area (Å²) < 4.78 is 0. The van der Waals surface area contributed by atoms with E-state index in [2.05, 4.69) is 32.9 Å². The van der Waals surface area contributed by atoms with E-state index >= 15 is 0 Å². The average molecular weight is 213 g/mol. The van der Waals surface area contributed by atoms with Crippen LogP contribution in [-0.2, 0) is 19.3 Å². The van der Waals surface area contributed by atoms with Gasteiger partial charge in [0.15, 0.2) is 0 Å². The average Bonchev–Trinajstić information content (AvgIpc) is 2.81. The van der Waals surface area contributed by atoms with Crippen LogP contribution in [0.4, 0.5) is 5.69 Å². The number of hydrogen-bond donors (Lipinski definition) is 0. The van der Waals surface area contributed by atoms with Gasteiger partial charge in [0.05, 0.1) is 5.69 Å². The van der Waals surface area contributed by atoms with Gasteiger partial charge in [0, 0.05) is 17.5 Å². The predicted molar refractivity (Wildman–Crippen MR) is 68.7 cm³/mol. The topological polar surface area (TPSA) is 12.4 Å².